The van der Waals surface area contributed by atoms with E-state index in [2.05, 4.69) is 27.3 Å². The predicted octanol–water partition coefficient (Wildman–Crippen LogP) is 6.07. The second kappa shape index (κ2) is 10.1. The predicted molar refractivity (Wildman–Crippen MR) is 128 cm³/mol. The number of halogens is 4. The minimum absolute atomic E-state index is 0.0855. The molecule has 36 heavy (non-hydrogen) atoms. The van der Waals surface area contributed by atoms with Crippen molar-refractivity contribution in [1.29, 1.82) is 0 Å². The fraction of sp³-hybridized carbons (Fsp3) is 0.571. The number of piperidine rings is 1. The Morgan fingerprint density at radius 3 is 2.28 bits per heavy atom. The molecular formula is C28H33F4N3O. The van der Waals surface area contributed by atoms with Crippen LogP contribution in [-0.4, -0.2) is 34.9 Å². The monoisotopic (exact) mass is 503 g/mol. The number of nitrogens with zero attached hydrogens (tertiary/aromatic N) is 2. The smallest absolute Gasteiger partial charge is 0.352 e. The Bertz CT molecular complexity index is 1050. The fourth-order valence-electron chi connectivity index (χ4n) is 6.45. The van der Waals surface area contributed by atoms with Crippen molar-refractivity contribution in [1.82, 2.24) is 15.2 Å². The quantitative estimate of drug-likeness (QED) is 0.487. The third kappa shape index (κ3) is 5.43. The highest BCUT2D eigenvalue weighted by Gasteiger charge is 2.52. The van der Waals surface area contributed by atoms with Crippen LogP contribution in [0.5, 0.6) is 0 Å². The van der Waals surface area contributed by atoms with Crippen LogP contribution in [0.4, 0.5) is 17.6 Å². The summed E-state index contributed by atoms with van der Waals surface area (Å²) in [5, 5.41) is 2.86. The van der Waals surface area contributed by atoms with Crippen molar-refractivity contribution in [3.63, 3.8) is 0 Å². The average Bonchev–Trinajstić information content (AvgIpc) is 3.73. The van der Waals surface area contributed by atoms with Gasteiger partial charge in [-0.2, -0.15) is 13.2 Å². The first-order valence-electron chi connectivity index (χ1n) is 13.0. The molecule has 1 aromatic heterocycles. The highest BCUT2D eigenvalue weighted by molar-refractivity contribution is 5.83. The summed E-state index contributed by atoms with van der Waals surface area (Å²) in [4.78, 5) is 20.1. The Morgan fingerprint density at radius 1 is 1.00 bits per heavy atom. The van der Waals surface area contributed by atoms with Crippen LogP contribution in [-0.2, 0) is 17.5 Å². The van der Waals surface area contributed by atoms with Crippen molar-refractivity contribution in [3.8, 4) is 0 Å². The maximum atomic E-state index is 13.8. The largest absolute Gasteiger partial charge is 0.416 e. The molecular weight excluding hydrogens is 470 g/mol. The molecule has 8 heteroatoms. The van der Waals surface area contributed by atoms with Crippen LogP contribution < -0.4 is 5.32 Å². The van der Waals surface area contributed by atoms with Crippen LogP contribution in [0, 0.1) is 17.2 Å². The Kier molecular flexibility index (Phi) is 7.07. The lowest BCUT2D eigenvalue weighted by atomic mass is 9.68. The molecule has 0 atom stereocenters. The van der Waals surface area contributed by atoms with Crippen LogP contribution >= 0.6 is 0 Å². The van der Waals surface area contributed by atoms with Crippen molar-refractivity contribution in [2.45, 2.75) is 76.0 Å². The second-order valence-electron chi connectivity index (χ2n) is 10.8. The Morgan fingerprint density at radius 2 is 1.67 bits per heavy atom. The molecule has 0 unspecified atom stereocenters. The Labute approximate surface area is 209 Å². The van der Waals surface area contributed by atoms with Crippen LogP contribution in [0.2, 0.25) is 0 Å². The van der Waals surface area contributed by atoms with E-state index in [1.807, 2.05) is 12.4 Å². The van der Waals surface area contributed by atoms with E-state index in [0.29, 0.717) is 23.9 Å². The molecule has 0 radical (unpaired) electrons. The van der Waals surface area contributed by atoms with E-state index in [9.17, 15) is 22.4 Å². The lowest BCUT2D eigenvalue weighted by molar-refractivity contribution is -0.137. The molecule has 5 rings (SSSR count). The number of alkyl halides is 3. The van der Waals surface area contributed by atoms with Gasteiger partial charge in [0, 0.05) is 25.0 Å². The molecule has 2 aliphatic carbocycles. The first-order chi connectivity index (χ1) is 17.2. The van der Waals surface area contributed by atoms with E-state index in [1.165, 1.54) is 5.56 Å². The van der Waals surface area contributed by atoms with Gasteiger partial charge in [0.25, 0.3) is 0 Å². The van der Waals surface area contributed by atoms with E-state index < -0.39 is 23.0 Å². The van der Waals surface area contributed by atoms with Gasteiger partial charge < -0.3 is 10.2 Å². The van der Waals surface area contributed by atoms with E-state index in [1.54, 1.807) is 0 Å². The highest BCUT2D eigenvalue weighted by atomic mass is 19.4. The highest BCUT2D eigenvalue weighted by Crippen LogP contribution is 2.54. The van der Waals surface area contributed by atoms with E-state index >= 15 is 0 Å². The lowest BCUT2D eigenvalue weighted by Gasteiger charge is -2.45. The number of pyridine rings is 1. The molecule has 0 spiro atoms. The summed E-state index contributed by atoms with van der Waals surface area (Å²) in [6, 6.07) is 7.15. The summed E-state index contributed by atoms with van der Waals surface area (Å²) in [5.74, 6) is -0.115. The summed E-state index contributed by atoms with van der Waals surface area (Å²) >= 11 is 0. The number of benzene rings is 1. The first-order valence-corrected chi connectivity index (χ1v) is 13.0. The van der Waals surface area contributed by atoms with Gasteiger partial charge in [-0.05, 0) is 118 Å². The van der Waals surface area contributed by atoms with Crippen LogP contribution in [0.25, 0.3) is 0 Å². The van der Waals surface area contributed by atoms with Gasteiger partial charge in [-0.25, -0.2) is 4.39 Å². The summed E-state index contributed by atoms with van der Waals surface area (Å²) in [7, 11) is 0. The second-order valence-corrected chi connectivity index (χ2v) is 10.8. The number of aromatic nitrogens is 1. The first kappa shape index (κ1) is 25.2. The molecule has 1 N–H and O–H groups in total. The van der Waals surface area contributed by atoms with Crippen LogP contribution in [0.3, 0.4) is 0 Å². The minimum atomic E-state index is -4.62. The molecule has 3 fully saturated rings. The zero-order valence-electron chi connectivity index (χ0n) is 20.4. The normalized spacial score (nSPS) is 26.1. The number of hydrogen-bond acceptors (Lipinski definition) is 3. The summed E-state index contributed by atoms with van der Waals surface area (Å²) in [5.41, 5.74) is 0.00841. The number of likely N-dealkylation sites (tertiary alicyclic amines) is 1. The molecule has 0 bridgehead atoms. The summed E-state index contributed by atoms with van der Waals surface area (Å²) in [6.07, 6.45) is 6.91. The van der Waals surface area contributed by atoms with Gasteiger partial charge in [0.1, 0.15) is 5.82 Å². The number of amides is 1. The topological polar surface area (TPSA) is 45.2 Å². The van der Waals surface area contributed by atoms with Gasteiger partial charge in [0.05, 0.1) is 11.0 Å². The lowest BCUT2D eigenvalue weighted by Crippen LogP contribution is -2.49. The number of rotatable bonds is 6. The molecule has 2 aromatic rings. The fourth-order valence-corrected chi connectivity index (χ4v) is 6.45. The number of hydrogen-bond donors (Lipinski definition) is 1. The zero-order valence-corrected chi connectivity index (χ0v) is 20.4. The Balaban J connectivity index is 1.17. The maximum Gasteiger partial charge on any atom is 0.416 e. The Hall–Kier alpha value is -2.48. The maximum absolute atomic E-state index is 13.8. The minimum Gasteiger partial charge on any atom is -0.352 e. The number of carbonyl (C=O) groups is 1. The summed E-state index contributed by atoms with van der Waals surface area (Å²) < 4.78 is 52.9. The van der Waals surface area contributed by atoms with Gasteiger partial charge in [-0.3, -0.25) is 9.78 Å². The number of nitrogens with one attached hydrogen (secondary N) is 1. The van der Waals surface area contributed by atoms with Crippen LogP contribution in [0.15, 0.2) is 42.7 Å². The van der Waals surface area contributed by atoms with Crippen molar-refractivity contribution in [3.05, 3.63) is 65.2 Å². The van der Waals surface area contributed by atoms with E-state index in [-0.39, 0.29) is 18.0 Å². The molecule has 3 aliphatic rings. The average molecular weight is 504 g/mol. The molecule has 194 valence electrons. The molecule has 1 saturated heterocycles. The van der Waals surface area contributed by atoms with E-state index in [4.69, 9.17) is 0 Å². The molecule has 2 heterocycles. The van der Waals surface area contributed by atoms with Gasteiger partial charge in [-0.1, -0.05) is 0 Å². The van der Waals surface area contributed by atoms with Crippen molar-refractivity contribution >= 4 is 5.91 Å². The molecule has 1 aromatic carbocycles. The van der Waals surface area contributed by atoms with Gasteiger partial charge in [-0.15, -0.1) is 0 Å². The summed E-state index contributed by atoms with van der Waals surface area (Å²) in [6.45, 7) is 2.02. The van der Waals surface area contributed by atoms with Gasteiger partial charge >= 0.3 is 6.18 Å². The van der Waals surface area contributed by atoms with Crippen LogP contribution in [0.1, 0.15) is 74.0 Å². The molecule has 1 amide bonds. The standard InChI is InChI=1S/C28H33F4N3O/c29-24-16-19(15-23(17-24)28(30,31)32)18-34-26(36)27(22-1-2-22)9-3-25(4-10-27)35-13-7-21(8-14-35)20-5-11-33-12-6-20/h5-6,11-12,15-17,21-22,25H,1-4,7-10,13-14,18H2,(H,34,36). The third-order valence-corrected chi connectivity index (χ3v) is 8.62. The van der Waals surface area contributed by atoms with Crippen molar-refractivity contribution in [2.24, 2.45) is 11.3 Å². The van der Waals surface area contributed by atoms with E-state index in [0.717, 1.165) is 76.6 Å². The van der Waals surface area contributed by atoms with Gasteiger partial charge in [0.2, 0.25) is 5.91 Å². The van der Waals surface area contributed by atoms with Crippen molar-refractivity contribution < 1.29 is 22.4 Å². The molecule has 4 nitrogen and oxygen atoms in total. The number of carbonyl (C=O) groups excluding carboxylic acids is 1. The van der Waals surface area contributed by atoms with Gasteiger partial charge in [0.15, 0.2) is 0 Å². The zero-order chi connectivity index (χ0) is 25.3. The molecule has 1 aliphatic heterocycles. The molecule has 2 saturated carbocycles. The SMILES string of the molecule is O=C(NCc1cc(F)cc(C(F)(F)F)c1)C1(C2CC2)CCC(N2CCC(c3ccncc3)CC2)CC1. The van der Waals surface area contributed by atoms with Crippen molar-refractivity contribution in [2.75, 3.05) is 13.1 Å². The third-order valence-electron chi connectivity index (χ3n) is 8.62.